The Hall–Kier alpha value is -1.62. The highest BCUT2D eigenvalue weighted by atomic mass is 16.1. The highest BCUT2D eigenvalue weighted by Gasteiger charge is 2.36. The Kier molecular flexibility index (Phi) is 4.10. The molecule has 0 saturated carbocycles. The molecule has 3 N–H and O–H groups in total. The lowest BCUT2D eigenvalue weighted by molar-refractivity contribution is 0.0995. The summed E-state index contributed by atoms with van der Waals surface area (Å²) >= 11 is 0. The number of aromatic nitrogens is 1. The molecule has 2 atom stereocenters. The molecule has 5 heteroatoms. The first-order valence-electron chi connectivity index (χ1n) is 7.96. The first-order chi connectivity index (χ1) is 10.2. The number of hydrogen-bond donors (Lipinski definition) is 2. The summed E-state index contributed by atoms with van der Waals surface area (Å²) in [7, 11) is 0. The summed E-state index contributed by atoms with van der Waals surface area (Å²) in [5.41, 5.74) is 6.79. The van der Waals surface area contributed by atoms with Gasteiger partial charge in [0.15, 0.2) is 0 Å². The molecule has 1 aromatic rings. The van der Waals surface area contributed by atoms with E-state index in [1.165, 1.54) is 25.7 Å². The molecule has 2 aliphatic heterocycles. The standard InChI is InChI=1S/C16H24N4O/c1-2-7-20(13-5-6-18-15(10-13)16(17)21)14-8-11-3-4-12(9-14)19-11/h5-6,10-12,14,19H,2-4,7-9H2,1H3,(H2,17,21). The number of nitrogens with two attached hydrogens (primary N) is 1. The van der Waals surface area contributed by atoms with Crippen molar-refractivity contribution in [2.75, 3.05) is 11.4 Å². The first kappa shape index (κ1) is 14.3. The maximum Gasteiger partial charge on any atom is 0.267 e. The van der Waals surface area contributed by atoms with Crippen molar-refractivity contribution in [1.82, 2.24) is 10.3 Å². The molecule has 0 aromatic carbocycles. The van der Waals surface area contributed by atoms with E-state index in [9.17, 15) is 4.79 Å². The van der Waals surface area contributed by atoms with Crippen molar-refractivity contribution in [3.63, 3.8) is 0 Å². The minimum absolute atomic E-state index is 0.352. The summed E-state index contributed by atoms with van der Waals surface area (Å²) in [5, 5.41) is 3.69. The van der Waals surface area contributed by atoms with E-state index in [1.807, 2.05) is 12.1 Å². The number of nitrogens with zero attached hydrogens (tertiary/aromatic N) is 2. The van der Waals surface area contributed by atoms with Gasteiger partial charge in [0, 0.05) is 36.6 Å². The van der Waals surface area contributed by atoms with E-state index in [4.69, 9.17) is 5.73 Å². The summed E-state index contributed by atoms with van der Waals surface area (Å²) in [6.45, 7) is 3.20. The molecule has 5 nitrogen and oxygen atoms in total. The van der Waals surface area contributed by atoms with Gasteiger partial charge in [0.25, 0.3) is 5.91 Å². The van der Waals surface area contributed by atoms with Crippen LogP contribution in [-0.2, 0) is 0 Å². The number of amides is 1. The van der Waals surface area contributed by atoms with Crippen LogP contribution in [0.3, 0.4) is 0 Å². The molecule has 21 heavy (non-hydrogen) atoms. The topological polar surface area (TPSA) is 71.2 Å². The summed E-state index contributed by atoms with van der Waals surface area (Å²) in [5.74, 6) is -0.460. The fraction of sp³-hybridized carbons (Fsp3) is 0.625. The monoisotopic (exact) mass is 288 g/mol. The zero-order valence-corrected chi connectivity index (χ0v) is 12.6. The summed E-state index contributed by atoms with van der Waals surface area (Å²) in [6, 6.07) is 5.69. The summed E-state index contributed by atoms with van der Waals surface area (Å²) in [4.78, 5) is 17.9. The summed E-state index contributed by atoms with van der Waals surface area (Å²) in [6.07, 6.45) is 7.74. The minimum atomic E-state index is -0.460. The molecule has 1 aromatic heterocycles. The predicted octanol–water partition coefficient (Wildman–Crippen LogP) is 1.68. The van der Waals surface area contributed by atoms with Gasteiger partial charge in [-0.2, -0.15) is 0 Å². The third-order valence-electron chi connectivity index (χ3n) is 4.68. The van der Waals surface area contributed by atoms with Crippen LogP contribution in [0.5, 0.6) is 0 Å². The quantitative estimate of drug-likeness (QED) is 0.865. The Balaban J connectivity index is 1.83. The van der Waals surface area contributed by atoms with Crippen molar-refractivity contribution >= 4 is 11.6 Å². The lowest BCUT2D eigenvalue weighted by Crippen LogP contribution is -2.48. The van der Waals surface area contributed by atoms with Crippen LogP contribution in [0.15, 0.2) is 18.3 Å². The fourth-order valence-corrected chi connectivity index (χ4v) is 3.78. The third kappa shape index (κ3) is 3.02. The van der Waals surface area contributed by atoms with Crippen molar-refractivity contribution in [3.8, 4) is 0 Å². The lowest BCUT2D eigenvalue weighted by Gasteiger charge is -2.39. The van der Waals surface area contributed by atoms with Crippen LogP contribution in [0.1, 0.15) is 49.5 Å². The number of carbonyl (C=O) groups is 1. The molecule has 3 rings (SSSR count). The van der Waals surface area contributed by atoms with E-state index < -0.39 is 5.91 Å². The molecule has 2 unspecified atom stereocenters. The van der Waals surface area contributed by atoms with Gasteiger partial charge in [0.1, 0.15) is 5.69 Å². The SMILES string of the molecule is CCCN(c1ccnc(C(N)=O)c1)C1CC2CCC(C1)N2. The number of hydrogen-bond acceptors (Lipinski definition) is 4. The molecule has 2 aliphatic rings. The third-order valence-corrected chi connectivity index (χ3v) is 4.68. The van der Waals surface area contributed by atoms with Crippen LogP contribution in [0.4, 0.5) is 5.69 Å². The second-order valence-corrected chi connectivity index (χ2v) is 6.22. The molecule has 2 saturated heterocycles. The average Bonchev–Trinajstić information content (AvgIpc) is 2.83. The molecule has 1 amide bonds. The van der Waals surface area contributed by atoms with Gasteiger partial charge in [-0.25, -0.2) is 0 Å². The fourth-order valence-electron chi connectivity index (χ4n) is 3.78. The first-order valence-corrected chi connectivity index (χ1v) is 7.96. The van der Waals surface area contributed by atoms with Gasteiger partial charge in [-0.1, -0.05) is 6.92 Å². The van der Waals surface area contributed by atoms with Gasteiger partial charge >= 0.3 is 0 Å². The van der Waals surface area contributed by atoms with Crippen molar-refractivity contribution in [2.24, 2.45) is 5.73 Å². The maximum absolute atomic E-state index is 11.4. The van der Waals surface area contributed by atoms with Crippen LogP contribution in [0.2, 0.25) is 0 Å². The van der Waals surface area contributed by atoms with Gasteiger partial charge in [0.05, 0.1) is 0 Å². The van der Waals surface area contributed by atoms with Crippen molar-refractivity contribution < 1.29 is 4.79 Å². The maximum atomic E-state index is 11.4. The molecule has 0 spiro atoms. The Morgan fingerprint density at radius 1 is 1.43 bits per heavy atom. The number of nitrogens with one attached hydrogen (secondary N) is 1. The smallest absolute Gasteiger partial charge is 0.267 e. The van der Waals surface area contributed by atoms with Gasteiger partial charge < -0.3 is 16.0 Å². The van der Waals surface area contributed by atoms with Crippen molar-refractivity contribution in [1.29, 1.82) is 0 Å². The Labute approximate surface area is 125 Å². The van der Waals surface area contributed by atoms with Crippen LogP contribution >= 0.6 is 0 Å². The largest absolute Gasteiger partial charge is 0.368 e. The van der Waals surface area contributed by atoms with Crippen molar-refractivity contribution in [3.05, 3.63) is 24.0 Å². The number of primary amides is 1. The average molecular weight is 288 g/mol. The van der Waals surface area contributed by atoms with Crippen LogP contribution < -0.4 is 16.0 Å². The number of piperidine rings is 1. The predicted molar refractivity (Wildman–Crippen MR) is 83.4 cm³/mol. The van der Waals surface area contributed by atoms with E-state index in [0.29, 0.717) is 23.8 Å². The number of pyridine rings is 1. The molecule has 2 fully saturated rings. The Bertz CT molecular complexity index is 507. The Morgan fingerprint density at radius 2 is 2.14 bits per heavy atom. The van der Waals surface area contributed by atoms with E-state index in [2.05, 4.69) is 22.1 Å². The molecule has 0 aliphatic carbocycles. The lowest BCUT2D eigenvalue weighted by atomic mass is 9.97. The van der Waals surface area contributed by atoms with E-state index >= 15 is 0 Å². The Morgan fingerprint density at radius 3 is 2.76 bits per heavy atom. The molecule has 2 bridgehead atoms. The molecular weight excluding hydrogens is 264 g/mol. The van der Waals surface area contributed by atoms with Crippen LogP contribution in [0.25, 0.3) is 0 Å². The minimum Gasteiger partial charge on any atom is -0.368 e. The van der Waals surface area contributed by atoms with E-state index in [1.54, 1.807) is 6.20 Å². The molecule has 114 valence electrons. The number of anilines is 1. The number of rotatable bonds is 5. The molecule has 3 heterocycles. The second kappa shape index (κ2) is 6.02. The number of carbonyl (C=O) groups excluding carboxylic acids is 1. The van der Waals surface area contributed by atoms with Crippen molar-refractivity contribution in [2.45, 2.75) is 57.2 Å². The van der Waals surface area contributed by atoms with Gasteiger partial charge in [-0.3, -0.25) is 9.78 Å². The number of fused-ring (bicyclic) bond motifs is 2. The van der Waals surface area contributed by atoms with Gasteiger partial charge in [-0.05, 0) is 44.2 Å². The zero-order valence-electron chi connectivity index (χ0n) is 12.6. The highest BCUT2D eigenvalue weighted by molar-refractivity contribution is 5.91. The van der Waals surface area contributed by atoms with Crippen LogP contribution in [0, 0.1) is 0 Å². The summed E-state index contributed by atoms with van der Waals surface area (Å²) < 4.78 is 0. The van der Waals surface area contributed by atoms with Gasteiger partial charge in [0.2, 0.25) is 0 Å². The molecular formula is C16H24N4O. The normalized spacial score (nSPS) is 27.6. The van der Waals surface area contributed by atoms with Gasteiger partial charge in [-0.15, -0.1) is 0 Å². The molecule has 0 radical (unpaired) electrons. The van der Waals surface area contributed by atoms with E-state index in [-0.39, 0.29) is 0 Å². The highest BCUT2D eigenvalue weighted by Crippen LogP contribution is 2.32. The van der Waals surface area contributed by atoms with E-state index in [0.717, 1.165) is 18.7 Å². The zero-order chi connectivity index (χ0) is 14.8. The van der Waals surface area contributed by atoms with Crippen LogP contribution in [-0.4, -0.2) is 35.6 Å². The second-order valence-electron chi connectivity index (χ2n) is 6.22.